The maximum Gasteiger partial charge on any atom is 0.255 e. The lowest BCUT2D eigenvalue weighted by Crippen LogP contribution is -2.35. The van der Waals surface area contributed by atoms with Crippen molar-refractivity contribution >= 4 is 28.0 Å². The topological polar surface area (TPSA) is 97.7 Å². The average molecular weight is 382 g/mol. The van der Waals surface area contributed by atoms with E-state index in [-0.39, 0.29) is 17.8 Å². The Bertz CT molecular complexity index is 1180. The summed E-state index contributed by atoms with van der Waals surface area (Å²) < 4.78 is 20.2. The van der Waals surface area contributed by atoms with Gasteiger partial charge in [0.25, 0.3) is 5.91 Å². The minimum absolute atomic E-state index is 0.145. The first-order valence-corrected chi connectivity index (χ1v) is 8.74. The minimum Gasteiger partial charge on any atom is -0.383 e. The highest BCUT2D eigenvalue weighted by Gasteiger charge is 2.19. The number of ether oxygens (including phenoxy) is 1. The number of aromatic nitrogens is 5. The number of hydrogen-bond donors (Lipinski definition) is 2. The molecule has 1 amide bonds. The number of amides is 1. The fraction of sp³-hybridized carbons (Fsp3) is 0.263. The van der Waals surface area contributed by atoms with Gasteiger partial charge in [0.2, 0.25) is 0 Å². The number of methoxy groups -OCH3 is 1. The van der Waals surface area contributed by atoms with E-state index in [1.54, 1.807) is 37.3 Å². The van der Waals surface area contributed by atoms with Crippen molar-refractivity contribution in [2.45, 2.75) is 13.0 Å². The fourth-order valence-corrected chi connectivity index (χ4v) is 3.19. The van der Waals surface area contributed by atoms with E-state index in [0.29, 0.717) is 40.2 Å². The Morgan fingerprint density at radius 1 is 1.43 bits per heavy atom. The summed E-state index contributed by atoms with van der Waals surface area (Å²) in [6, 6.07) is 4.32. The van der Waals surface area contributed by atoms with Crippen LogP contribution in [0.5, 0.6) is 0 Å². The van der Waals surface area contributed by atoms with Crippen LogP contribution in [0.25, 0.3) is 33.5 Å². The van der Waals surface area contributed by atoms with Crippen molar-refractivity contribution in [3.05, 3.63) is 42.0 Å². The second kappa shape index (κ2) is 7.01. The van der Waals surface area contributed by atoms with Gasteiger partial charge in [-0.25, -0.2) is 14.4 Å². The fourth-order valence-electron chi connectivity index (χ4n) is 3.19. The Balaban J connectivity index is 1.77. The van der Waals surface area contributed by atoms with Crippen LogP contribution >= 0.6 is 0 Å². The van der Waals surface area contributed by atoms with E-state index < -0.39 is 0 Å². The number of nitrogens with one attached hydrogen (secondary N) is 2. The largest absolute Gasteiger partial charge is 0.383 e. The van der Waals surface area contributed by atoms with Crippen LogP contribution in [0.4, 0.5) is 4.39 Å². The van der Waals surface area contributed by atoms with E-state index >= 15 is 0 Å². The van der Waals surface area contributed by atoms with Gasteiger partial charge in [0.05, 0.1) is 23.9 Å². The number of carbonyl (C=O) groups excluding carboxylic acids is 1. The molecule has 1 aromatic carbocycles. The number of nitrogens with zero attached hydrogens (tertiary/aromatic N) is 4. The van der Waals surface area contributed by atoms with Gasteiger partial charge in [0.1, 0.15) is 22.7 Å². The highest BCUT2D eigenvalue weighted by atomic mass is 19.1. The van der Waals surface area contributed by atoms with Crippen molar-refractivity contribution in [1.82, 2.24) is 30.0 Å². The maximum atomic E-state index is 13.6. The molecule has 0 saturated carbocycles. The minimum atomic E-state index is -0.335. The molecule has 8 nitrogen and oxygen atoms in total. The number of aryl methyl sites for hydroxylation is 1. The molecule has 0 spiro atoms. The summed E-state index contributed by atoms with van der Waals surface area (Å²) in [5, 5.41) is 8.08. The second-order valence-corrected chi connectivity index (χ2v) is 6.62. The van der Waals surface area contributed by atoms with Crippen molar-refractivity contribution in [2.75, 3.05) is 13.7 Å². The lowest BCUT2D eigenvalue weighted by Gasteiger charge is -2.11. The zero-order valence-electron chi connectivity index (χ0n) is 15.7. The first kappa shape index (κ1) is 18.1. The van der Waals surface area contributed by atoms with Crippen LogP contribution in [0.1, 0.15) is 17.3 Å². The summed E-state index contributed by atoms with van der Waals surface area (Å²) in [6.07, 6.45) is 3.16. The van der Waals surface area contributed by atoms with Crippen molar-refractivity contribution in [3.63, 3.8) is 0 Å². The van der Waals surface area contributed by atoms with E-state index in [2.05, 4.69) is 25.4 Å². The number of carbonyl (C=O) groups is 1. The van der Waals surface area contributed by atoms with Gasteiger partial charge in [-0.3, -0.25) is 9.48 Å². The first-order chi connectivity index (χ1) is 13.5. The number of benzene rings is 1. The highest BCUT2D eigenvalue weighted by Crippen LogP contribution is 2.28. The standard InChI is InChI=1S/C19H19FN6O2/c1-10(9-28-3)23-19(27)13-7-21-18-17(13)24-14(8-22-18)16-12-5-4-11(20)6-15(12)26(2)25-16/h4-8,10H,9H2,1-3H3,(H,21,22)(H,23,27). The molecule has 3 aromatic heterocycles. The highest BCUT2D eigenvalue weighted by molar-refractivity contribution is 6.05. The van der Waals surface area contributed by atoms with Gasteiger partial charge in [-0.05, 0) is 25.1 Å². The number of halogens is 1. The van der Waals surface area contributed by atoms with Crippen LogP contribution in [-0.4, -0.2) is 50.4 Å². The molecular weight excluding hydrogens is 363 g/mol. The summed E-state index contributed by atoms with van der Waals surface area (Å²) in [7, 11) is 3.32. The lowest BCUT2D eigenvalue weighted by atomic mass is 10.1. The molecule has 4 aromatic rings. The molecular formula is C19H19FN6O2. The molecule has 144 valence electrons. The van der Waals surface area contributed by atoms with Crippen LogP contribution in [0.2, 0.25) is 0 Å². The van der Waals surface area contributed by atoms with Crippen molar-refractivity contribution in [3.8, 4) is 11.4 Å². The summed E-state index contributed by atoms with van der Waals surface area (Å²) >= 11 is 0. The predicted octanol–water partition coefficient (Wildman–Crippen LogP) is 2.42. The van der Waals surface area contributed by atoms with Crippen LogP contribution in [0.15, 0.2) is 30.6 Å². The molecule has 4 rings (SSSR count). The van der Waals surface area contributed by atoms with E-state index in [0.717, 1.165) is 5.39 Å². The number of H-pyrrole nitrogens is 1. The first-order valence-electron chi connectivity index (χ1n) is 8.74. The van der Waals surface area contributed by atoms with Crippen molar-refractivity contribution in [2.24, 2.45) is 7.05 Å². The predicted molar refractivity (Wildman–Crippen MR) is 102 cm³/mol. The molecule has 0 fully saturated rings. The van der Waals surface area contributed by atoms with Crippen LogP contribution in [0, 0.1) is 5.82 Å². The molecule has 3 heterocycles. The van der Waals surface area contributed by atoms with E-state index in [1.807, 2.05) is 6.92 Å². The molecule has 2 N–H and O–H groups in total. The maximum absolute atomic E-state index is 13.6. The molecule has 0 aliphatic heterocycles. The molecule has 0 aliphatic carbocycles. The average Bonchev–Trinajstić information content (AvgIpc) is 3.22. The zero-order chi connectivity index (χ0) is 19.8. The summed E-state index contributed by atoms with van der Waals surface area (Å²) in [4.78, 5) is 24.5. The van der Waals surface area contributed by atoms with E-state index in [1.165, 1.54) is 12.1 Å². The van der Waals surface area contributed by atoms with Gasteiger partial charge < -0.3 is 15.0 Å². The quantitative estimate of drug-likeness (QED) is 0.552. The molecule has 1 atom stereocenters. The Labute approximate surface area is 159 Å². The van der Waals surface area contributed by atoms with Crippen LogP contribution in [0.3, 0.4) is 0 Å². The molecule has 0 saturated heterocycles. The van der Waals surface area contributed by atoms with Crippen LogP contribution in [-0.2, 0) is 11.8 Å². The number of rotatable bonds is 5. The monoisotopic (exact) mass is 382 g/mol. The van der Waals surface area contributed by atoms with E-state index in [9.17, 15) is 9.18 Å². The summed E-state index contributed by atoms with van der Waals surface area (Å²) in [5.41, 5.74) is 3.06. The third kappa shape index (κ3) is 3.09. The number of hydrogen-bond acceptors (Lipinski definition) is 5. The van der Waals surface area contributed by atoms with Crippen molar-refractivity contribution in [1.29, 1.82) is 0 Å². The van der Waals surface area contributed by atoms with Crippen LogP contribution < -0.4 is 5.32 Å². The molecule has 28 heavy (non-hydrogen) atoms. The Hall–Kier alpha value is -3.33. The number of fused-ring (bicyclic) bond motifs is 2. The smallest absolute Gasteiger partial charge is 0.255 e. The molecule has 0 bridgehead atoms. The zero-order valence-corrected chi connectivity index (χ0v) is 15.7. The van der Waals surface area contributed by atoms with Crippen molar-refractivity contribution < 1.29 is 13.9 Å². The molecule has 0 aliphatic rings. The van der Waals surface area contributed by atoms with Gasteiger partial charge >= 0.3 is 0 Å². The molecule has 1 unspecified atom stereocenters. The van der Waals surface area contributed by atoms with Gasteiger partial charge in [0, 0.05) is 31.8 Å². The number of aromatic amines is 1. The summed E-state index contributed by atoms with van der Waals surface area (Å²) in [6.45, 7) is 2.26. The Morgan fingerprint density at radius 2 is 2.25 bits per heavy atom. The third-order valence-corrected chi connectivity index (χ3v) is 4.48. The van der Waals surface area contributed by atoms with Gasteiger partial charge in [0.15, 0.2) is 5.65 Å². The molecule has 0 radical (unpaired) electrons. The third-order valence-electron chi connectivity index (χ3n) is 4.48. The van der Waals surface area contributed by atoms with Gasteiger partial charge in [-0.15, -0.1) is 0 Å². The summed E-state index contributed by atoms with van der Waals surface area (Å²) in [5.74, 6) is -0.603. The Kier molecular flexibility index (Phi) is 4.52. The lowest BCUT2D eigenvalue weighted by molar-refractivity contribution is 0.0907. The Morgan fingerprint density at radius 3 is 3.04 bits per heavy atom. The van der Waals surface area contributed by atoms with E-state index in [4.69, 9.17) is 4.74 Å². The van der Waals surface area contributed by atoms with Gasteiger partial charge in [-0.2, -0.15) is 5.10 Å². The SMILES string of the molecule is COCC(C)NC(=O)c1c[nH]c2ncc(-c3nn(C)c4cc(F)ccc34)nc12. The second-order valence-electron chi connectivity index (χ2n) is 6.62. The van der Waals surface area contributed by atoms with Gasteiger partial charge in [-0.1, -0.05) is 0 Å². The normalized spacial score (nSPS) is 12.6. The molecule has 9 heteroatoms.